The molecular formula is C17H24N4OS2. The fourth-order valence-electron chi connectivity index (χ4n) is 2.52. The number of amides is 1. The minimum absolute atomic E-state index is 0.133. The summed E-state index contributed by atoms with van der Waals surface area (Å²) in [7, 11) is 0. The van der Waals surface area contributed by atoms with Gasteiger partial charge in [-0.15, -0.1) is 10.2 Å². The quantitative estimate of drug-likeness (QED) is 0.741. The zero-order valence-electron chi connectivity index (χ0n) is 14.7. The number of hydrogen-bond donors (Lipinski definition) is 1. The number of aryl methyl sites for hydroxylation is 1. The first-order valence-electron chi connectivity index (χ1n) is 7.98. The molecule has 0 unspecified atom stereocenters. The number of aromatic nitrogens is 2. The summed E-state index contributed by atoms with van der Waals surface area (Å²) in [5.74, 6) is 0.517. The van der Waals surface area contributed by atoms with Crippen LogP contribution < -0.4 is 5.32 Å². The molecule has 1 N–H and O–H groups in total. The molecule has 0 bridgehead atoms. The Hall–Kier alpha value is -1.60. The number of nitrogens with zero attached hydrogens (tertiary/aromatic N) is 3. The van der Waals surface area contributed by atoms with E-state index in [1.165, 1.54) is 23.1 Å². The highest BCUT2D eigenvalue weighted by atomic mass is 32.2. The maximum absolute atomic E-state index is 12.4. The molecule has 0 spiro atoms. The molecule has 1 amide bonds. The summed E-state index contributed by atoms with van der Waals surface area (Å²) in [6.45, 7) is 10.2. The van der Waals surface area contributed by atoms with Gasteiger partial charge in [0.15, 0.2) is 4.34 Å². The summed E-state index contributed by atoms with van der Waals surface area (Å²) in [5, 5.41) is 12.3. The van der Waals surface area contributed by atoms with Crippen molar-refractivity contribution < 1.29 is 4.79 Å². The highest BCUT2D eigenvalue weighted by Crippen LogP contribution is 2.29. The van der Waals surface area contributed by atoms with Crippen LogP contribution in [-0.4, -0.2) is 38.8 Å². The number of carbonyl (C=O) groups excluding carboxylic acids is 1. The number of anilines is 2. The summed E-state index contributed by atoms with van der Waals surface area (Å²) in [6.07, 6.45) is 0. The number of para-hydroxylation sites is 1. The summed E-state index contributed by atoms with van der Waals surface area (Å²) in [4.78, 5) is 14.3. The second-order valence-corrected chi connectivity index (χ2v) is 8.29. The van der Waals surface area contributed by atoms with Crippen LogP contribution in [0.3, 0.4) is 0 Å². The highest BCUT2D eigenvalue weighted by Gasteiger charge is 2.20. The number of thioether (sulfide) groups is 1. The number of rotatable bonds is 7. The molecule has 0 atom stereocenters. The first-order valence-corrected chi connectivity index (χ1v) is 9.78. The summed E-state index contributed by atoms with van der Waals surface area (Å²) in [5.41, 5.74) is 2.17. The third kappa shape index (κ3) is 4.95. The molecule has 0 aliphatic carbocycles. The maximum atomic E-state index is 12.4. The van der Waals surface area contributed by atoms with Gasteiger partial charge in [-0.3, -0.25) is 4.79 Å². The molecule has 1 heterocycles. The van der Waals surface area contributed by atoms with Gasteiger partial charge >= 0.3 is 0 Å². The van der Waals surface area contributed by atoms with Gasteiger partial charge in [0.05, 0.1) is 5.75 Å². The molecule has 0 aliphatic rings. The molecule has 24 heavy (non-hydrogen) atoms. The van der Waals surface area contributed by atoms with Crippen LogP contribution in [0.15, 0.2) is 28.6 Å². The first kappa shape index (κ1) is 18.7. The van der Waals surface area contributed by atoms with Gasteiger partial charge in [0, 0.05) is 17.8 Å². The zero-order valence-corrected chi connectivity index (χ0v) is 16.4. The summed E-state index contributed by atoms with van der Waals surface area (Å²) >= 11 is 2.91. The molecule has 2 aromatic rings. The molecule has 0 fully saturated rings. The van der Waals surface area contributed by atoms with Crippen LogP contribution in [0, 0.1) is 6.92 Å². The molecule has 1 aromatic carbocycles. The van der Waals surface area contributed by atoms with E-state index in [1.54, 1.807) is 0 Å². The van der Waals surface area contributed by atoms with E-state index in [0.717, 1.165) is 20.7 Å². The average molecular weight is 365 g/mol. The fraction of sp³-hybridized carbons (Fsp3) is 0.471. The Morgan fingerprint density at radius 3 is 2.50 bits per heavy atom. The van der Waals surface area contributed by atoms with Crippen molar-refractivity contribution in [2.45, 2.75) is 51.0 Å². The molecule has 0 saturated heterocycles. The van der Waals surface area contributed by atoms with Crippen molar-refractivity contribution in [1.82, 2.24) is 15.1 Å². The van der Waals surface area contributed by atoms with Crippen LogP contribution in [0.25, 0.3) is 0 Å². The van der Waals surface area contributed by atoms with Crippen molar-refractivity contribution in [3.63, 3.8) is 0 Å². The van der Waals surface area contributed by atoms with E-state index in [2.05, 4.69) is 15.5 Å². The SMILES string of the molecule is Cc1ccccc1Nc1nnc(SCC(=O)N(C(C)C)C(C)C)s1. The standard InChI is InChI=1S/C17H24N4OS2/c1-11(2)21(12(3)4)15(22)10-23-17-20-19-16(24-17)18-14-9-7-6-8-13(14)5/h6-9,11-12H,10H2,1-5H3,(H,18,19). The van der Waals surface area contributed by atoms with Crippen LogP contribution in [0.5, 0.6) is 0 Å². The van der Waals surface area contributed by atoms with Gasteiger partial charge < -0.3 is 10.2 Å². The van der Waals surface area contributed by atoms with Gasteiger partial charge in [0.2, 0.25) is 11.0 Å². The second kappa shape index (κ2) is 8.48. The van der Waals surface area contributed by atoms with Gasteiger partial charge in [0.25, 0.3) is 0 Å². The average Bonchev–Trinajstić information content (AvgIpc) is 2.94. The zero-order chi connectivity index (χ0) is 17.7. The normalized spacial score (nSPS) is 11.1. The molecule has 7 heteroatoms. The number of benzene rings is 1. The summed E-state index contributed by atoms with van der Waals surface area (Å²) < 4.78 is 0.798. The minimum Gasteiger partial charge on any atom is -0.337 e. The van der Waals surface area contributed by atoms with Crippen LogP contribution in [0.2, 0.25) is 0 Å². The predicted octanol–water partition coefficient (Wildman–Crippen LogP) is 4.33. The Morgan fingerprint density at radius 1 is 1.21 bits per heavy atom. The van der Waals surface area contributed by atoms with Gasteiger partial charge in [0.1, 0.15) is 0 Å². The number of carbonyl (C=O) groups is 1. The van der Waals surface area contributed by atoms with Crippen molar-refractivity contribution in [1.29, 1.82) is 0 Å². The molecule has 130 valence electrons. The molecule has 2 rings (SSSR count). The van der Waals surface area contributed by atoms with E-state index in [9.17, 15) is 4.79 Å². The lowest BCUT2D eigenvalue weighted by Crippen LogP contribution is -2.43. The maximum Gasteiger partial charge on any atom is 0.233 e. The molecular weight excluding hydrogens is 340 g/mol. The van der Waals surface area contributed by atoms with Gasteiger partial charge in [-0.1, -0.05) is 41.3 Å². The second-order valence-electron chi connectivity index (χ2n) is 6.09. The van der Waals surface area contributed by atoms with Gasteiger partial charge in [-0.2, -0.15) is 0 Å². The largest absolute Gasteiger partial charge is 0.337 e. The molecule has 1 aromatic heterocycles. The lowest BCUT2D eigenvalue weighted by atomic mass is 10.2. The third-order valence-corrected chi connectivity index (χ3v) is 5.47. The van der Waals surface area contributed by atoms with Crippen molar-refractivity contribution >= 4 is 39.8 Å². The fourth-order valence-corrected chi connectivity index (χ4v) is 4.15. The third-order valence-electron chi connectivity index (χ3n) is 3.51. The molecule has 0 aliphatic heterocycles. The van der Waals surface area contributed by atoms with Crippen LogP contribution in [0.4, 0.5) is 10.8 Å². The van der Waals surface area contributed by atoms with E-state index in [-0.39, 0.29) is 18.0 Å². The summed E-state index contributed by atoms with van der Waals surface area (Å²) in [6, 6.07) is 8.44. The van der Waals surface area contributed by atoms with E-state index in [1.807, 2.05) is 63.8 Å². The number of nitrogens with one attached hydrogen (secondary N) is 1. The van der Waals surface area contributed by atoms with Gasteiger partial charge in [-0.05, 0) is 46.2 Å². The lowest BCUT2D eigenvalue weighted by Gasteiger charge is -2.30. The van der Waals surface area contributed by atoms with E-state index < -0.39 is 0 Å². The predicted molar refractivity (Wildman–Crippen MR) is 102 cm³/mol. The minimum atomic E-state index is 0.133. The first-order chi connectivity index (χ1) is 11.4. The topological polar surface area (TPSA) is 58.1 Å². The Morgan fingerprint density at radius 2 is 1.88 bits per heavy atom. The Bertz CT molecular complexity index is 677. The van der Waals surface area contributed by atoms with Crippen LogP contribution in [-0.2, 0) is 4.79 Å². The van der Waals surface area contributed by atoms with Gasteiger partial charge in [-0.25, -0.2) is 0 Å². The van der Waals surface area contributed by atoms with E-state index >= 15 is 0 Å². The molecule has 0 radical (unpaired) electrons. The smallest absolute Gasteiger partial charge is 0.233 e. The monoisotopic (exact) mass is 364 g/mol. The Labute approximate surface area is 151 Å². The van der Waals surface area contributed by atoms with Crippen molar-refractivity contribution in [2.24, 2.45) is 0 Å². The molecule has 5 nitrogen and oxygen atoms in total. The van der Waals surface area contributed by atoms with Crippen molar-refractivity contribution in [3.05, 3.63) is 29.8 Å². The van der Waals surface area contributed by atoms with Crippen molar-refractivity contribution in [2.75, 3.05) is 11.1 Å². The van der Waals surface area contributed by atoms with Crippen LogP contribution >= 0.6 is 23.1 Å². The van der Waals surface area contributed by atoms with E-state index in [4.69, 9.17) is 0 Å². The highest BCUT2D eigenvalue weighted by molar-refractivity contribution is 8.01. The van der Waals surface area contributed by atoms with Crippen molar-refractivity contribution in [3.8, 4) is 0 Å². The number of hydrogen-bond acceptors (Lipinski definition) is 6. The van der Waals surface area contributed by atoms with Crippen LogP contribution in [0.1, 0.15) is 33.3 Å². The molecule has 0 saturated carbocycles. The lowest BCUT2D eigenvalue weighted by molar-refractivity contribution is -0.131. The Balaban J connectivity index is 1.94. The Kier molecular flexibility index (Phi) is 6.62. The van der Waals surface area contributed by atoms with E-state index in [0.29, 0.717) is 5.75 Å².